The van der Waals surface area contributed by atoms with E-state index < -0.39 is 5.41 Å². The Kier molecular flexibility index (Phi) is 3.34. The number of nitriles is 1. The number of fused-ring (bicyclic) bond motifs is 1. The van der Waals surface area contributed by atoms with Crippen LogP contribution in [0.15, 0.2) is 18.2 Å². The summed E-state index contributed by atoms with van der Waals surface area (Å²) in [6.07, 6.45) is 0.427. The standard InChI is InChI=1S/C15H19N3O/c1-15(2,9-16)14(18(3)4)10-5-6-12-11(7-10)8-13(19)17-12/h5-7,14H,8H2,1-4H3,(H,17,19). The zero-order valence-corrected chi connectivity index (χ0v) is 11.8. The molecule has 1 amide bonds. The van der Waals surface area contributed by atoms with E-state index in [2.05, 4.69) is 16.3 Å². The van der Waals surface area contributed by atoms with Gasteiger partial charge in [0.05, 0.1) is 23.9 Å². The fraction of sp³-hybridized carbons (Fsp3) is 0.467. The Labute approximate surface area is 114 Å². The molecule has 1 N–H and O–H groups in total. The molecule has 1 aromatic rings. The first-order chi connectivity index (χ1) is 8.85. The summed E-state index contributed by atoms with van der Waals surface area (Å²) in [6.45, 7) is 3.88. The van der Waals surface area contributed by atoms with Crippen LogP contribution in [0, 0.1) is 16.7 Å². The smallest absolute Gasteiger partial charge is 0.228 e. The zero-order chi connectivity index (χ0) is 14.2. The summed E-state index contributed by atoms with van der Waals surface area (Å²) in [6, 6.07) is 8.34. The Bertz CT molecular complexity index is 555. The van der Waals surface area contributed by atoms with Crippen LogP contribution in [0.25, 0.3) is 0 Å². The van der Waals surface area contributed by atoms with Gasteiger partial charge in [-0.2, -0.15) is 5.26 Å². The molecule has 0 radical (unpaired) electrons. The van der Waals surface area contributed by atoms with Crippen molar-refractivity contribution in [2.24, 2.45) is 5.41 Å². The summed E-state index contributed by atoms with van der Waals surface area (Å²) in [5.41, 5.74) is 2.49. The molecule has 1 atom stereocenters. The normalized spacial score (nSPS) is 15.9. The van der Waals surface area contributed by atoms with Crippen molar-refractivity contribution in [3.8, 4) is 6.07 Å². The molecule has 1 aliphatic heterocycles. The van der Waals surface area contributed by atoms with Crippen LogP contribution < -0.4 is 5.32 Å². The fourth-order valence-electron chi connectivity index (χ4n) is 2.84. The molecule has 0 saturated carbocycles. The lowest BCUT2D eigenvalue weighted by Crippen LogP contribution is -2.32. The van der Waals surface area contributed by atoms with Gasteiger partial charge in [0.25, 0.3) is 0 Å². The van der Waals surface area contributed by atoms with Gasteiger partial charge in [0, 0.05) is 5.69 Å². The predicted molar refractivity (Wildman–Crippen MR) is 74.6 cm³/mol. The van der Waals surface area contributed by atoms with E-state index in [1.54, 1.807) is 0 Å². The Balaban J connectivity index is 2.43. The molecule has 4 heteroatoms. The average molecular weight is 257 g/mol. The maximum atomic E-state index is 11.4. The largest absolute Gasteiger partial charge is 0.326 e. The third kappa shape index (κ3) is 2.47. The van der Waals surface area contributed by atoms with Crippen LogP contribution >= 0.6 is 0 Å². The number of carbonyl (C=O) groups excluding carboxylic acids is 1. The van der Waals surface area contributed by atoms with E-state index in [0.717, 1.165) is 16.8 Å². The van der Waals surface area contributed by atoms with Crippen molar-refractivity contribution in [1.29, 1.82) is 5.26 Å². The monoisotopic (exact) mass is 257 g/mol. The lowest BCUT2D eigenvalue weighted by atomic mass is 9.80. The second-order valence-corrected chi connectivity index (χ2v) is 5.84. The number of hydrogen-bond donors (Lipinski definition) is 1. The van der Waals surface area contributed by atoms with E-state index in [9.17, 15) is 10.1 Å². The van der Waals surface area contributed by atoms with Gasteiger partial charge >= 0.3 is 0 Å². The third-order valence-corrected chi connectivity index (χ3v) is 3.56. The first-order valence-corrected chi connectivity index (χ1v) is 6.35. The van der Waals surface area contributed by atoms with Crippen molar-refractivity contribution in [1.82, 2.24) is 4.90 Å². The summed E-state index contributed by atoms with van der Waals surface area (Å²) in [4.78, 5) is 13.4. The highest BCUT2D eigenvalue weighted by molar-refractivity contribution is 5.99. The van der Waals surface area contributed by atoms with Crippen molar-refractivity contribution in [3.63, 3.8) is 0 Å². The number of rotatable bonds is 3. The molecular weight excluding hydrogens is 238 g/mol. The maximum Gasteiger partial charge on any atom is 0.228 e. The van der Waals surface area contributed by atoms with E-state index in [1.807, 2.05) is 46.1 Å². The number of amides is 1. The van der Waals surface area contributed by atoms with Crippen LogP contribution in [0.2, 0.25) is 0 Å². The molecule has 0 fully saturated rings. The molecule has 2 rings (SSSR count). The molecule has 1 aromatic carbocycles. The van der Waals surface area contributed by atoms with Crippen molar-refractivity contribution in [2.45, 2.75) is 26.3 Å². The van der Waals surface area contributed by atoms with Gasteiger partial charge in [-0.15, -0.1) is 0 Å². The lowest BCUT2D eigenvalue weighted by Gasteiger charge is -2.34. The number of anilines is 1. The van der Waals surface area contributed by atoms with Crippen LogP contribution in [0.4, 0.5) is 5.69 Å². The number of nitrogens with zero attached hydrogens (tertiary/aromatic N) is 2. The molecule has 0 bridgehead atoms. The van der Waals surface area contributed by atoms with E-state index in [-0.39, 0.29) is 11.9 Å². The molecule has 4 nitrogen and oxygen atoms in total. The van der Waals surface area contributed by atoms with E-state index in [0.29, 0.717) is 6.42 Å². The van der Waals surface area contributed by atoms with E-state index >= 15 is 0 Å². The predicted octanol–water partition coefficient (Wildman–Crippen LogP) is 2.33. The van der Waals surface area contributed by atoms with Gasteiger partial charge in [0.15, 0.2) is 0 Å². The first-order valence-electron chi connectivity index (χ1n) is 6.35. The summed E-state index contributed by atoms with van der Waals surface area (Å²) >= 11 is 0. The summed E-state index contributed by atoms with van der Waals surface area (Å²) in [5, 5.41) is 12.2. The van der Waals surface area contributed by atoms with Crippen LogP contribution in [0.1, 0.15) is 31.0 Å². The van der Waals surface area contributed by atoms with Crippen molar-refractivity contribution >= 4 is 11.6 Å². The van der Waals surface area contributed by atoms with Gasteiger partial charge in [-0.1, -0.05) is 12.1 Å². The molecule has 1 unspecified atom stereocenters. The van der Waals surface area contributed by atoms with Gasteiger partial charge in [0.2, 0.25) is 5.91 Å². The minimum Gasteiger partial charge on any atom is -0.326 e. The van der Waals surface area contributed by atoms with Crippen molar-refractivity contribution in [3.05, 3.63) is 29.3 Å². The number of nitrogens with one attached hydrogen (secondary N) is 1. The number of benzene rings is 1. The highest BCUT2D eigenvalue weighted by Gasteiger charge is 2.33. The topological polar surface area (TPSA) is 56.1 Å². The molecule has 0 aliphatic carbocycles. The van der Waals surface area contributed by atoms with Gasteiger partial charge in [-0.25, -0.2) is 0 Å². The molecule has 1 aliphatic rings. The number of carbonyl (C=O) groups is 1. The quantitative estimate of drug-likeness (QED) is 0.904. The Hall–Kier alpha value is -1.86. The Morgan fingerprint density at radius 1 is 1.42 bits per heavy atom. The highest BCUT2D eigenvalue weighted by Crippen LogP contribution is 2.38. The first kappa shape index (κ1) is 13.6. The lowest BCUT2D eigenvalue weighted by molar-refractivity contribution is -0.115. The molecular formula is C15H19N3O. The van der Waals surface area contributed by atoms with Crippen LogP contribution in [0.5, 0.6) is 0 Å². The molecule has 0 spiro atoms. The highest BCUT2D eigenvalue weighted by atomic mass is 16.1. The molecule has 19 heavy (non-hydrogen) atoms. The van der Waals surface area contributed by atoms with E-state index in [1.165, 1.54) is 0 Å². The molecule has 0 saturated heterocycles. The van der Waals surface area contributed by atoms with Gasteiger partial charge in [-0.3, -0.25) is 4.79 Å². The second kappa shape index (κ2) is 4.67. The third-order valence-electron chi connectivity index (χ3n) is 3.56. The minimum absolute atomic E-state index is 0.00139. The summed E-state index contributed by atoms with van der Waals surface area (Å²) < 4.78 is 0. The van der Waals surface area contributed by atoms with E-state index in [4.69, 9.17) is 0 Å². The average Bonchev–Trinajstić information content (AvgIpc) is 2.67. The molecule has 0 aromatic heterocycles. The number of hydrogen-bond acceptors (Lipinski definition) is 3. The minimum atomic E-state index is -0.492. The zero-order valence-electron chi connectivity index (χ0n) is 11.8. The van der Waals surface area contributed by atoms with Crippen LogP contribution in [-0.2, 0) is 11.2 Å². The van der Waals surface area contributed by atoms with Gasteiger partial charge in [0.1, 0.15) is 0 Å². The second-order valence-electron chi connectivity index (χ2n) is 5.84. The fourth-order valence-corrected chi connectivity index (χ4v) is 2.84. The van der Waals surface area contributed by atoms with Gasteiger partial charge in [-0.05, 0) is 45.1 Å². The molecule has 1 heterocycles. The Morgan fingerprint density at radius 3 is 2.68 bits per heavy atom. The summed E-state index contributed by atoms with van der Waals surface area (Å²) in [5.74, 6) is 0.0353. The maximum absolute atomic E-state index is 11.4. The summed E-state index contributed by atoms with van der Waals surface area (Å²) in [7, 11) is 3.95. The van der Waals surface area contributed by atoms with Crippen molar-refractivity contribution in [2.75, 3.05) is 19.4 Å². The molecule has 100 valence electrons. The van der Waals surface area contributed by atoms with Crippen molar-refractivity contribution < 1.29 is 4.79 Å². The van der Waals surface area contributed by atoms with Gasteiger partial charge < -0.3 is 10.2 Å². The van der Waals surface area contributed by atoms with Crippen LogP contribution in [0.3, 0.4) is 0 Å². The van der Waals surface area contributed by atoms with Crippen LogP contribution in [-0.4, -0.2) is 24.9 Å². The SMILES string of the molecule is CN(C)C(c1ccc2c(c1)CC(=O)N2)C(C)(C)C#N. The Morgan fingerprint density at radius 2 is 2.11 bits per heavy atom.